The molecule has 3 heteroatoms. The Morgan fingerprint density at radius 3 is 2.60 bits per heavy atom. The molecule has 1 rings (SSSR count). The molecule has 0 fully saturated rings. The molecule has 0 saturated carbocycles. The summed E-state index contributed by atoms with van der Waals surface area (Å²) in [5.41, 5.74) is 2.17. The zero-order valence-corrected chi connectivity index (χ0v) is 9.32. The number of likely N-dealkylation sites (N-methyl/N-ethyl adjacent to an activating group) is 1. The van der Waals surface area contributed by atoms with E-state index >= 15 is 0 Å². The summed E-state index contributed by atoms with van der Waals surface area (Å²) in [7, 11) is 3.45. The standard InChI is InChI=1S/C12H16N2O/c1-10-6-4-5-7-11(10)13-9-8-12(15)14(2)3/h4-9,13H,1-3H3/b9-8+. The van der Waals surface area contributed by atoms with Crippen molar-refractivity contribution in [2.24, 2.45) is 0 Å². The highest BCUT2D eigenvalue weighted by Crippen LogP contribution is 2.12. The van der Waals surface area contributed by atoms with Crippen molar-refractivity contribution in [2.75, 3.05) is 19.4 Å². The second-order valence-electron chi connectivity index (χ2n) is 3.53. The molecule has 0 radical (unpaired) electrons. The van der Waals surface area contributed by atoms with Crippen LogP contribution in [0.3, 0.4) is 0 Å². The first kappa shape index (κ1) is 11.3. The third-order valence-electron chi connectivity index (χ3n) is 2.05. The predicted molar refractivity (Wildman–Crippen MR) is 62.6 cm³/mol. The summed E-state index contributed by atoms with van der Waals surface area (Å²) in [6.45, 7) is 2.02. The summed E-state index contributed by atoms with van der Waals surface area (Å²) in [6, 6.07) is 7.93. The van der Waals surface area contributed by atoms with E-state index < -0.39 is 0 Å². The van der Waals surface area contributed by atoms with Gasteiger partial charge < -0.3 is 10.2 Å². The van der Waals surface area contributed by atoms with Crippen LogP contribution in [0, 0.1) is 6.92 Å². The Morgan fingerprint density at radius 1 is 1.33 bits per heavy atom. The molecule has 0 unspecified atom stereocenters. The Hall–Kier alpha value is -1.77. The van der Waals surface area contributed by atoms with Crippen LogP contribution >= 0.6 is 0 Å². The fraction of sp³-hybridized carbons (Fsp3) is 0.250. The van der Waals surface area contributed by atoms with E-state index in [1.54, 1.807) is 20.3 Å². The van der Waals surface area contributed by atoms with Gasteiger partial charge in [0.15, 0.2) is 0 Å². The number of amides is 1. The number of hydrogen-bond acceptors (Lipinski definition) is 2. The van der Waals surface area contributed by atoms with E-state index in [1.807, 2.05) is 31.2 Å². The molecule has 80 valence electrons. The van der Waals surface area contributed by atoms with E-state index in [-0.39, 0.29) is 5.91 Å². The number of anilines is 1. The lowest BCUT2D eigenvalue weighted by Gasteiger charge is -2.07. The normalized spacial score (nSPS) is 10.3. The monoisotopic (exact) mass is 204 g/mol. The highest BCUT2D eigenvalue weighted by Gasteiger charge is 1.96. The first-order chi connectivity index (χ1) is 7.11. The number of benzene rings is 1. The number of carbonyl (C=O) groups excluding carboxylic acids is 1. The van der Waals surface area contributed by atoms with Crippen LogP contribution in [0.25, 0.3) is 0 Å². The van der Waals surface area contributed by atoms with Gasteiger partial charge in [0.25, 0.3) is 0 Å². The Balaban J connectivity index is 2.58. The maximum absolute atomic E-state index is 11.2. The van der Waals surface area contributed by atoms with E-state index in [1.165, 1.54) is 11.0 Å². The van der Waals surface area contributed by atoms with Gasteiger partial charge in [0.2, 0.25) is 5.91 Å². The number of rotatable bonds is 3. The molecule has 0 spiro atoms. The van der Waals surface area contributed by atoms with Crippen molar-refractivity contribution in [1.29, 1.82) is 0 Å². The van der Waals surface area contributed by atoms with Gasteiger partial charge in [0.05, 0.1) is 0 Å². The van der Waals surface area contributed by atoms with Crippen molar-refractivity contribution in [3.8, 4) is 0 Å². The maximum atomic E-state index is 11.2. The van der Waals surface area contributed by atoms with Crippen LogP contribution in [0.4, 0.5) is 5.69 Å². The molecule has 0 aliphatic carbocycles. The highest BCUT2D eigenvalue weighted by atomic mass is 16.2. The van der Waals surface area contributed by atoms with E-state index in [9.17, 15) is 4.79 Å². The molecule has 3 nitrogen and oxygen atoms in total. The van der Waals surface area contributed by atoms with E-state index in [0.717, 1.165) is 11.3 Å². The topological polar surface area (TPSA) is 32.3 Å². The molecule has 1 aromatic rings. The molecular weight excluding hydrogens is 188 g/mol. The maximum Gasteiger partial charge on any atom is 0.247 e. The summed E-state index contributed by atoms with van der Waals surface area (Å²) >= 11 is 0. The fourth-order valence-corrected chi connectivity index (χ4v) is 1.09. The average Bonchev–Trinajstić information content (AvgIpc) is 2.20. The zero-order chi connectivity index (χ0) is 11.3. The third kappa shape index (κ3) is 3.46. The average molecular weight is 204 g/mol. The summed E-state index contributed by atoms with van der Waals surface area (Å²) in [5.74, 6) is -0.0314. The molecule has 0 atom stereocenters. The van der Waals surface area contributed by atoms with Crippen molar-refractivity contribution in [2.45, 2.75) is 6.92 Å². The van der Waals surface area contributed by atoms with Crippen LogP contribution in [0.15, 0.2) is 36.5 Å². The number of carbonyl (C=O) groups is 1. The Kier molecular flexibility index (Phi) is 3.92. The van der Waals surface area contributed by atoms with Gasteiger partial charge in [-0.1, -0.05) is 18.2 Å². The molecule has 0 bridgehead atoms. The lowest BCUT2D eigenvalue weighted by atomic mass is 10.2. The second-order valence-corrected chi connectivity index (χ2v) is 3.53. The molecule has 0 heterocycles. The van der Waals surface area contributed by atoms with Gasteiger partial charge in [0, 0.05) is 32.1 Å². The van der Waals surface area contributed by atoms with Gasteiger partial charge in [-0.15, -0.1) is 0 Å². The first-order valence-electron chi connectivity index (χ1n) is 4.81. The van der Waals surface area contributed by atoms with Crippen LogP contribution in [-0.4, -0.2) is 24.9 Å². The largest absolute Gasteiger partial charge is 0.361 e. The number of nitrogens with one attached hydrogen (secondary N) is 1. The van der Waals surface area contributed by atoms with Crippen LogP contribution in [0.1, 0.15) is 5.56 Å². The van der Waals surface area contributed by atoms with Crippen molar-refractivity contribution in [3.63, 3.8) is 0 Å². The molecule has 15 heavy (non-hydrogen) atoms. The minimum absolute atomic E-state index is 0.0314. The molecule has 0 aromatic heterocycles. The van der Waals surface area contributed by atoms with Crippen LogP contribution in [0.5, 0.6) is 0 Å². The van der Waals surface area contributed by atoms with Gasteiger partial charge in [-0.3, -0.25) is 4.79 Å². The second kappa shape index (κ2) is 5.20. The molecule has 1 aromatic carbocycles. The Labute approximate surface area is 90.4 Å². The van der Waals surface area contributed by atoms with Crippen molar-refractivity contribution >= 4 is 11.6 Å². The molecule has 0 aliphatic heterocycles. The minimum atomic E-state index is -0.0314. The minimum Gasteiger partial charge on any atom is -0.361 e. The first-order valence-corrected chi connectivity index (χ1v) is 4.81. The van der Waals surface area contributed by atoms with E-state index in [2.05, 4.69) is 5.32 Å². The van der Waals surface area contributed by atoms with E-state index in [4.69, 9.17) is 0 Å². The highest BCUT2D eigenvalue weighted by molar-refractivity contribution is 5.87. The van der Waals surface area contributed by atoms with Gasteiger partial charge in [-0.05, 0) is 18.6 Å². The van der Waals surface area contributed by atoms with Gasteiger partial charge in [-0.25, -0.2) is 0 Å². The predicted octanol–water partition coefficient (Wildman–Crippen LogP) is 2.01. The quantitative estimate of drug-likeness (QED) is 0.764. The zero-order valence-electron chi connectivity index (χ0n) is 9.32. The number of nitrogens with zero attached hydrogens (tertiary/aromatic N) is 1. The van der Waals surface area contributed by atoms with Gasteiger partial charge in [-0.2, -0.15) is 0 Å². The van der Waals surface area contributed by atoms with Crippen molar-refractivity contribution < 1.29 is 4.79 Å². The third-order valence-corrected chi connectivity index (χ3v) is 2.05. The SMILES string of the molecule is Cc1ccccc1N/C=C/C(=O)N(C)C. The summed E-state index contributed by atoms with van der Waals surface area (Å²) < 4.78 is 0. The molecule has 1 N–H and O–H groups in total. The molecule has 1 amide bonds. The smallest absolute Gasteiger partial charge is 0.247 e. The molecule has 0 aliphatic rings. The summed E-state index contributed by atoms with van der Waals surface area (Å²) in [6.07, 6.45) is 3.16. The van der Waals surface area contributed by atoms with Gasteiger partial charge >= 0.3 is 0 Å². The number of hydrogen-bond donors (Lipinski definition) is 1. The number of aryl methyl sites for hydroxylation is 1. The van der Waals surface area contributed by atoms with Crippen LogP contribution in [-0.2, 0) is 4.79 Å². The lowest BCUT2D eigenvalue weighted by molar-refractivity contribution is -0.123. The molecule has 0 saturated heterocycles. The van der Waals surface area contributed by atoms with E-state index in [0.29, 0.717) is 0 Å². The van der Waals surface area contributed by atoms with Crippen molar-refractivity contribution in [3.05, 3.63) is 42.1 Å². The Morgan fingerprint density at radius 2 is 2.00 bits per heavy atom. The Bertz CT molecular complexity index is 370. The molecular formula is C12H16N2O. The van der Waals surface area contributed by atoms with Crippen molar-refractivity contribution in [1.82, 2.24) is 4.90 Å². The van der Waals surface area contributed by atoms with Gasteiger partial charge in [0.1, 0.15) is 0 Å². The van der Waals surface area contributed by atoms with Crippen LogP contribution in [0.2, 0.25) is 0 Å². The lowest BCUT2D eigenvalue weighted by Crippen LogP contribution is -2.19. The summed E-state index contributed by atoms with van der Waals surface area (Å²) in [5, 5.41) is 3.07. The number of para-hydroxylation sites is 1. The fourth-order valence-electron chi connectivity index (χ4n) is 1.09. The summed E-state index contributed by atoms with van der Waals surface area (Å²) in [4.78, 5) is 12.7. The van der Waals surface area contributed by atoms with Crippen LogP contribution < -0.4 is 5.32 Å².